The molecular formula is C14H27FO. The Morgan fingerprint density at radius 2 is 1.75 bits per heavy atom. The minimum atomic E-state index is -0.424. The molecule has 0 saturated heterocycles. The summed E-state index contributed by atoms with van der Waals surface area (Å²) < 4.78 is 12.8. The standard InChI is InChI=1S/C14H27FO/c1-6-13(7-2)14(8-9-15,12(5)16)10-11(3)4/h11,13H,6-10H2,1-5H3. The Balaban J connectivity index is 5.13. The van der Waals surface area contributed by atoms with E-state index in [-0.39, 0.29) is 12.5 Å². The Morgan fingerprint density at radius 3 is 2.00 bits per heavy atom. The zero-order valence-electron chi connectivity index (χ0n) is 11.5. The lowest BCUT2D eigenvalue weighted by Crippen LogP contribution is -2.39. The molecule has 0 aromatic heterocycles. The van der Waals surface area contributed by atoms with Gasteiger partial charge in [0.2, 0.25) is 0 Å². The lowest BCUT2D eigenvalue weighted by Gasteiger charge is -2.39. The van der Waals surface area contributed by atoms with E-state index in [2.05, 4.69) is 27.7 Å². The highest BCUT2D eigenvalue weighted by molar-refractivity contribution is 5.82. The zero-order valence-corrected chi connectivity index (χ0v) is 11.5. The summed E-state index contributed by atoms with van der Waals surface area (Å²) in [5.41, 5.74) is -0.424. The first kappa shape index (κ1) is 15.6. The van der Waals surface area contributed by atoms with Crippen LogP contribution in [0.2, 0.25) is 0 Å². The van der Waals surface area contributed by atoms with Crippen LogP contribution in [0, 0.1) is 17.3 Å². The van der Waals surface area contributed by atoms with Crippen molar-refractivity contribution < 1.29 is 9.18 Å². The van der Waals surface area contributed by atoms with E-state index >= 15 is 0 Å². The van der Waals surface area contributed by atoms with Gasteiger partial charge in [-0.2, -0.15) is 0 Å². The molecule has 0 fully saturated rings. The molecule has 0 N–H and O–H groups in total. The summed E-state index contributed by atoms with van der Waals surface area (Å²) in [5, 5.41) is 0. The number of hydrogen-bond donors (Lipinski definition) is 0. The first-order chi connectivity index (χ1) is 7.44. The molecule has 0 radical (unpaired) electrons. The molecule has 1 unspecified atom stereocenters. The summed E-state index contributed by atoms with van der Waals surface area (Å²) in [4.78, 5) is 12.0. The number of carbonyl (C=O) groups excluding carboxylic acids is 1. The molecule has 0 amide bonds. The quantitative estimate of drug-likeness (QED) is 0.604. The number of ketones is 1. The lowest BCUT2D eigenvalue weighted by molar-refractivity contribution is -0.132. The summed E-state index contributed by atoms with van der Waals surface area (Å²) in [6, 6.07) is 0. The minimum Gasteiger partial charge on any atom is -0.299 e. The monoisotopic (exact) mass is 230 g/mol. The van der Waals surface area contributed by atoms with Gasteiger partial charge in [0.15, 0.2) is 0 Å². The van der Waals surface area contributed by atoms with Crippen molar-refractivity contribution >= 4 is 5.78 Å². The van der Waals surface area contributed by atoms with Gasteiger partial charge in [-0.3, -0.25) is 9.18 Å². The van der Waals surface area contributed by atoms with Crippen molar-refractivity contribution in [2.24, 2.45) is 17.3 Å². The number of rotatable bonds is 8. The molecule has 0 aliphatic carbocycles. The van der Waals surface area contributed by atoms with E-state index in [1.54, 1.807) is 6.92 Å². The van der Waals surface area contributed by atoms with E-state index in [0.29, 0.717) is 18.3 Å². The highest BCUT2D eigenvalue weighted by Crippen LogP contribution is 2.42. The third-order valence-corrected chi connectivity index (χ3v) is 3.78. The average Bonchev–Trinajstić information content (AvgIpc) is 2.18. The van der Waals surface area contributed by atoms with Crippen LogP contribution in [-0.2, 0) is 4.79 Å². The van der Waals surface area contributed by atoms with Crippen LogP contribution in [0.5, 0.6) is 0 Å². The number of halogens is 1. The van der Waals surface area contributed by atoms with Crippen molar-refractivity contribution in [2.75, 3.05) is 6.67 Å². The smallest absolute Gasteiger partial charge is 0.136 e. The molecule has 0 heterocycles. The van der Waals surface area contributed by atoms with Gasteiger partial charge in [0.25, 0.3) is 0 Å². The molecule has 16 heavy (non-hydrogen) atoms. The molecule has 1 nitrogen and oxygen atoms in total. The summed E-state index contributed by atoms with van der Waals surface area (Å²) in [7, 11) is 0. The summed E-state index contributed by atoms with van der Waals surface area (Å²) in [6.07, 6.45) is 3.14. The molecule has 0 aliphatic heterocycles. The van der Waals surface area contributed by atoms with E-state index in [4.69, 9.17) is 0 Å². The van der Waals surface area contributed by atoms with E-state index in [0.717, 1.165) is 19.3 Å². The van der Waals surface area contributed by atoms with Crippen LogP contribution < -0.4 is 0 Å². The molecule has 0 rings (SSSR count). The number of carbonyl (C=O) groups is 1. The minimum absolute atomic E-state index is 0.174. The van der Waals surface area contributed by atoms with Crippen LogP contribution in [0.15, 0.2) is 0 Å². The van der Waals surface area contributed by atoms with Crippen LogP contribution in [0.4, 0.5) is 4.39 Å². The van der Waals surface area contributed by atoms with Gasteiger partial charge in [0, 0.05) is 5.41 Å². The second-order valence-corrected chi connectivity index (χ2v) is 5.26. The summed E-state index contributed by atoms with van der Waals surface area (Å²) in [6.45, 7) is 9.67. The fourth-order valence-electron chi connectivity index (χ4n) is 3.05. The van der Waals surface area contributed by atoms with Gasteiger partial charge >= 0.3 is 0 Å². The van der Waals surface area contributed by atoms with E-state index in [9.17, 15) is 9.18 Å². The van der Waals surface area contributed by atoms with E-state index < -0.39 is 5.41 Å². The topological polar surface area (TPSA) is 17.1 Å². The molecule has 0 bridgehead atoms. The molecule has 0 saturated carbocycles. The molecule has 0 spiro atoms. The van der Waals surface area contributed by atoms with Crippen LogP contribution in [0.25, 0.3) is 0 Å². The van der Waals surface area contributed by atoms with Gasteiger partial charge in [-0.05, 0) is 31.6 Å². The van der Waals surface area contributed by atoms with Crippen molar-refractivity contribution in [3.63, 3.8) is 0 Å². The van der Waals surface area contributed by atoms with Gasteiger partial charge in [-0.25, -0.2) is 0 Å². The van der Waals surface area contributed by atoms with Gasteiger partial charge in [0.1, 0.15) is 5.78 Å². The Hall–Kier alpha value is -0.400. The highest BCUT2D eigenvalue weighted by atomic mass is 19.1. The Morgan fingerprint density at radius 1 is 1.25 bits per heavy atom. The first-order valence-corrected chi connectivity index (χ1v) is 6.51. The fraction of sp³-hybridized carbons (Fsp3) is 0.929. The summed E-state index contributed by atoms with van der Waals surface area (Å²) >= 11 is 0. The molecule has 1 atom stereocenters. The molecule has 0 aromatic carbocycles. The van der Waals surface area contributed by atoms with E-state index in [1.807, 2.05) is 0 Å². The van der Waals surface area contributed by atoms with Crippen LogP contribution in [0.1, 0.15) is 60.3 Å². The van der Waals surface area contributed by atoms with Gasteiger partial charge in [-0.15, -0.1) is 0 Å². The molecule has 96 valence electrons. The van der Waals surface area contributed by atoms with Gasteiger partial charge in [-0.1, -0.05) is 40.5 Å². The number of alkyl halides is 1. The molecule has 0 aliphatic rings. The van der Waals surface area contributed by atoms with Crippen molar-refractivity contribution in [3.05, 3.63) is 0 Å². The normalized spacial score (nSPS) is 15.5. The molecular weight excluding hydrogens is 203 g/mol. The average molecular weight is 230 g/mol. The maximum Gasteiger partial charge on any atom is 0.136 e. The zero-order chi connectivity index (χ0) is 12.8. The Kier molecular flexibility index (Phi) is 6.85. The number of Topliss-reactive ketones (excluding diaryl/α,β-unsaturated/α-hetero) is 1. The van der Waals surface area contributed by atoms with Crippen LogP contribution in [-0.4, -0.2) is 12.5 Å². The predicted octanol–water partition coefficient (Wildman–Crippen LogP) is 4.40. The highest BCUT2D eigenvalue weighted by Gasteiger charge is 2.41. The van der Waals surface area contributed by atoms with Crippen molar-refractivity contribution in [1.29, 1.82) is 0 Å². The van der Waals surface area contributed by atoms with Crippen molar-refractivity contribution in [3.8, 4) is 0 Å². The number of hydrogen-bond acceptors (Lipinski definition) is 1. The second-order valence-electron chi connectivity index (χ2n) is 5.26. The van der Waals surface area contributed by atoms with Gasteiger partial charge < -0.3 is 0 Å². The van der Waals surface area contributed by atoms with Crippen molar-refractivity contribution in [2.45, 2.75) is 60.3 Å². The molecule has 2 heteroatoms. The largest absolute Gasteiger partial charge is 0.299 e. The summed E-state index contributed by atoms with van der Waals surface area (Å²) in [5.74, 6) is 0.937. The fourth-order valence-corrected chi connectivity index (χ4v) is 3.05. The van der Waals surface area contributed by atoms with Crippen molar-refractivity contribution in [1.82, 2.24) is 0 Å². The second kappa shape index (κ2) is 7.03. The first-order valence-electron chi connectivity index (χ1n) is 6.51. The lowest BCUT2D eigenvalue weighted by atomic mass is 9.64. The SMILES string of the molecule is CCC(CC)C(CCF)(CC(C)C)C(C)=O. The maximum absolute atomic E-state index is 12.8. The third kappa shape index (κ3) is 3.57. The Bertz CT molecular complexity index is 209. The van der Waals surface area contributed by atoms with Crippen LogP contribution >= 0.6 is 0 Å². The van der Waals surface area contributed by atoms with Gasteiger partial charge in [0.05, 0.1) is 6.67 Å². The van der Waals surface area contributed by atoms with E-state index in [1.165, 1.54) is 0 Å². The predicted molar refractivity (Wildman–Crippen MR) is 67.2 cm³/mol. The van der Waals surface area contributed by atoms with Crippen LogP contribution in [0.3, 0.4) is 0 Å². The molecule has 0 aromatic rings. The Labute approximate surface area is 99.8 Å². The third-order valence-electron chi connectivity index (χ3n) is 3.78. The maximum atomic E-state index is 12.8.